The van der Waals surface area contributed by atoms with Crippen molar-refractivity contribution in [3.63, 3.8) is 0 Å². The topological polar surface area (TPSA) is 53.4 Å². The second kappa shape index (κ2) is 7.23. The molecule has 4 heteroatoms. The number of rotatable bonds is 5. The Morgan fingerprint density at radius 2 is 1.86 bits per heavy atom. The SMILES string of the molecule is CCN(c1ccc(C(=O)O)cn1)c1cc2c(cc1C)C(C)(CC)CCC2(C)C. The molecule has 150 valence electrons. The molecule has 0 radical (unpaired) electrons. The van der Waals surface area contributed by atoms with Crippen LogP contribution in [0.1, 0.15) is 80.9 Å². The lowest BCUT2D eigenvalue weighted by molar-refractivity contribution is 0.0696. The molecule has 4 nitrogen and oxygen atoms in total. The van der Waals surface area contributed by atoms with E-state index in [1.807, 2.05) is 0 Å². The van der Waals surface area contributed by atoms with E-state index in [0.29, 0.717) is 0 Å². The highest BCUT2D eigenvalue weighted by molar-refractivity contribution is 5.87. The number of aromatic carboxylic acids is 1. The van der Waals surface area contributed by atoms with Crippen LogP contribution in [-0.2, 0) is 10.8 Å². The minimum absolute atomic E-state index is 0.145. The van der Waals surface area contributed by atoms with Gasteiger partial charge in [0.15, 0.2) is 0 Å². The molecule has 1 atom stereocenters. The number of carboxylic acids is 1. The van der Waals surface area contributed by atoms with Gasteiger partial charge < -0.3 is 10.0 Å². The van der Waals surface area contributed by atoms with Gasteiger partial charge in [-0.15, -0.1) is 0 Å². The molecule has 1 N–H and O–H groups in total. The molecular weight excluding hydrogens is 348 g/mol. The quantitative estimate of drug-likeness (QED) is 0.693. The zero-order valence-corrected chi connectivity index (χ0v) is 18.0. The Morgan fingerprint density at radius 1 is 1.14 bits per heavy atom. The van der Waals surface area contributed by atoms with Crippen LogP contribution in [0.4, 0.5) is 11.5 Å². The molecule has 0 bridgehead atoms. The number of anilines is 2. The fraction of sp³-hybridized carbons (Fsp3) is 0.500. The van der Waals surface area contributed by atoms with Gasteiger partial charge in [-0.25, -0.2) is 9.78 Å². The molecule has 0 aliphatic heterocycles. The highest BCUT2D eigenvalue weighted by Crippen LogP contribution is 2.49. The van der Waals surface area contributed by atoms with Crippen molar-refractivity contribution in [1.29, 1.82) is 0 Å². The third kappa shape index (κ3) is 3.41. The molecule has 0 fully saturated rings. The molecule has 0 spiro atoms. The highest BCUT2D eigenvalue weighted by atomic mass is 16.4. The first-order chi connectivity index (χ1) is 13.1. The van der Waals surface area contributed by atoms with Crippen LogP contribution in [0.25, 0.3) is 0 Å². The van der Waals surface area contributed by atoms with Gasteiger partial charge in [0.05, 0.1) is 5.56 Å². The largest absolute Gasteiger partial charge is 0.478 e. The van der Waals surface area contributed by atoms with Gasteiger partial charge >= 0.3 is 5.97 Å². The van der Waals surface area contributed by atoms with Crippen molar-refractivity contribution in [2.45, 2.75) is 71.6 Å². The van der Waals surface area contributed by atoms with Crippen LogP contribution in [0.2, 0.25) is 0 Å². The van der Waals surface area contributed by atoms with E-state index in [1.165, 1.54) is 35.7 Å². The molecule has 2 aromatic rings. The van der Waals surface area contributed by atoms with Crippen molar-refractivity contribution in [3.05, 3.63) is 52.7 Å². The maximum atomic E-state index is 11.1. The lowest BCUT2D eigenvalue weighted by Crippen LogP contribution is -2.36. The average molecular weight is 381 g/mol. The maximum absolute atomic E-state index is 11.1. The van der Waals surface area contributed by atoms with Gasteiger partial charge in [-0.1, -0.05) is 33.8 Å². The summed E-state index contributed by atoms with van der Waals surface area (Å²) in [6.45, 7) is 14.4. The first-order valence-electron chi connectivity index (χ1n) is 10.3. The molecule has 1 aromatic heterocycles. The van der Waals surface area contributed by atoms with E-state index < -0.39 is 5.97 Å². The van der Waals surface area contributed by atoms with Gasteiger partial charge in [0, 0.05) is 18.4 Å². The fourth-order valence-electron chi connectivity index (χ4n) is 4.40. The fourth-order valence-corrected chi connectivity index (χ4v) is 4.40. The molecule has 1 aromatic carbocycles. The molecule has 0 amide bonds. The molecule has 1 aliphatic carbocycles. The number of hydrogen-bond acceptors (Lipinski definition) is 3. The van der Waals surface area contributed by atoms with Crippen molar-refractivity contribution in [2.75, 3.05) is 11.4 Å². The summed E-state index contributed by atoms with van der Waals surface area (Å²) in [6, 6.07) is 8.16. The summed E-state index contributed by atoms with van der Waals surface area (Å²) < 4.78 is 0. The summed E-state index contributed by atoms with van der Waals surface area (Å²) in [5.41, 5.74) is 5.90. The Labute approximate surface area is 168 Å². The van der Waals surface area contributed by atoms with Gasteiger partial charge in [-0.2, -0.15) is 0 Å². The number of pyridine rings is 1. The summed E-state index contributed by atoms with van der Waals surface area (Å²) in [6.07, 6.45) is 4.99. The average Bonchev–Trinajstić information content (AvgIpc) is 2.67. The van der Waals surface area contributed by atoms with Crippen molar-refractivity contribution in [2.24, 2.45) is 0 Å². The minimum atomic E-state index is -0.951. The maximum Gasteiger partial charge on any atom is 0.337 e. The van der Waals surface area contributed by atoms with E-state index in [2.05, 4.69) is 63.6 Å². The van der Waals surface area contributed by atoms with E-state index in [9.17, 15) is 4.79 Å². The summed E-state index contributed by atoms with van der Waals surface area (Å²) in [5.74, 6) is -0.171. The summed E-state index contributed by atoms with van der Waals surface area (Å²) in [4.78, 5) is 17.7. The molecule has 1 aliphatic rings. The van der Waals surface area contributed by atoms with E-state index in [0.717, 1.165) is 24.5 Å². The zero-order chi connectivity index (χ0) is 20.7. The van der Waals surface area contributed by atoms with Crippen molar-refractivity contribution >= 4 is 17.5 Å². The lowest BCUT2D eigenvalue weighted by Gasteiger charge is -2.44. The van der Waals surface area contributed by atoms with Crippen LogP contribution < -0.4 is 4.90 Å². The van der Waals surface area contributed by atoms with E-state index >= 15 is 0 Å². The van der Waals surface area contributed by atoms with Crippen LogP contribution >= 0.6 is 0 Å². The number of aromatic nitrogens is 1. The van der Waals surface area contributed by atoms with Crippen molar-refractivity contribution in [1.82, 2.24) is 4.98 Å². The smallest absolute Gasteiger partial charge is 0.337 e. The Bertz CT molecular complexity index is 886. The number of fused-ring (bicyclic) bond motifs is 1. The predicted molar refractivity (Wildman–Crippen MR) is 115 cm³/mol. The molecule has 1 unspecified atom stereocenters. The summed E-state index contributed by atoms with van der Waals surface area (Å²) in [7, 11) is 0. The van der Waals surface area contributed by atoms with Crippen LogP contribution in [0.15, 0.2) is 30.5 Å². The van der Waals surface area contributed by atoms with Gasteiger partial charge in [-0.3, -0.25) is 0 Å². The lowest BCUT2D eigenvalue weighted by atomic mass is 9.61. The molecule has 28 heavy (non-hydrogen) atoms. The Kier molecular flexibility index (Phi) is 5.26. The number of nitrogens with zero attached hydrogens (tertiary/aromatic N) is 2. The van der Waals surface area contributed by atoms with Gasteiger partial charge in [-0.05, 0) is 78.8 Å². The third-order valence-electron chi connectivity index (χ3n) is 6.68. The number of benzene rings is 1. The van der Waals surface area contributed by atoms with Crippen molar-refractivity contribution in [3.8, 4) is 0 Å². The van der Waals surface area contributed by atoms with E-state index in [1.54, 1.807) is 12.1 Å². The number of aryl methyl sites for hydroxylation is 1. The van der Waals surface area contributed by atoms with E-state index in [-0.39, 0.29) is 16.4 Å². The van der Waals surface area contributed by atoms with E-state index in [4.69, 9.17) is 5.11 Å². The van der Waals surface area contributed by atoms with Gasteiger partial charge in [0.25, 0.3) is 0 Å². The second-order valence-electron chi connectivity index (χ2n) is 8.94. The van der Waals surface area contributed by atoms with Crippen LogP contribution in [0.5, 0.6) is 0 Å². The summed E-state index contributed by atoms with van der Waals surface area (Å²) >= 11 is 0. The molecule has 1 heterocycles. The third-order valence-corrected chi connectivity index (χ3v) is 6.68. The normalized spacial score (nSPS) is 20.5. The first kappa shape index (κ1) is 20.4. The monoisotopic (exact) mass is 380 g/mol. The van der Waals surface area contributed by atoms with Crippen LogP contribution in [0.3, 0.4) is 0 Å². The Hall–Kier alpha value is -2.36. The number of carboxylic acid groups (broad SMARTS) is 1. The number of hydrogen-bond donors (Lipinski definition) is 1. The number of carbonyl (C=O) groups is 1. The Balaban J connectivity index is 2.12. The molecular formula is C24H32N2O2. The predicted octanol–water partition coefficient (Wildman–Crippen LogP) is 5.99. The molecule has 0 saturated heterocycles. The molecule has 3 rings (SSSR count). The minimum Gasteiger partial charge on any atom is -0.478 e. The van der Waals surface area contributed by atoms with Crippen molar-refractivity contribution < 1.29 is 9.90 Å². The van der Waals surface area contributed by atoms with Gasteiger partial charge in [0.2, 0.25) is 0 Å². The van der Waals surface area contributed by atoms with Gasteiger partial charge in [0.1, 0.15) is 5.82 Å². The standard InChI is InChI=1S/C24H32N2O2/c1-7-24(6)12-11-23(4,5)18-14-20(16(3)13-19(18)24)26(8-2)21-10-9-17(15-25-21)22(27)28/h9-10,13-15H,7-8,11-12H2,1-6H3,(H,27,28). The Morgan fingerprint density at radius 3 is 2.39 bits per heavy atom. The highest BCUT2D eigenvalue weighted by Gasteiger charge is 2.39. The second-order valence-corrected chi connectivity index (χ2v) is 8.94. The molecule has 0 saturated carbocycles. The van der Waals surface area contributed by atoms with Crippen LogP contribution in [0, 0.1) is 6.92 Å². The zero-order valence-electron chi connectivity index (χ0n) is 18.0. The first-order valence-corrected chi connectivity index (χ1v) is 10.3. The summed E-state index contributed by atoms with van der Waals surface area (Å²) in [5, 5.41) is 9.14. The van der Waals surface area contributed by atoms with Crippen LogP contribution in [-0.4, -0.2) is 22.6 Å².